The third-order valence-electron chi connectivity index (χ3n) is 1.95. The van der Waals surface area contributed by atoms with Crippen molar-refractivity contribution in [1.29, 1.82) is 0 Å². The summed E-state index contributed by atoms with van der Waals surface area (Å²) in [5.74, 6) is -0.902. The van der Waals surface area contributed by atoms with Gasteiger partial charge in [0.05, 0.1) is 0 Å². The van der Waals surface area contributed by atoms with Crippen molar-refractivity contribution < 1.29 is 12.8 Å². The zero-order valence-corrected chi connectivity index (χ0v) is 11.4. The molecule has 2 rings (SSSR count). The van der Waals surface area contributed by atoms with Crippen molar-refractivity contribution >= 4 is 31.8 Å². The fourth-order valence-electron chi connectivity index (χ4n) is 1.26. The second-order valence-electron chi connectivity index (χ2n) is 3.26. The molecule has 0 atom stereocenters. The van der Waals surface area contributed by atoms with Gasteiger partial charge in [-0.05, 0) is 28.1 Å². The van der Waals surface area contributed by atoms with E-state index in [0.29, 0.717) is 0 Å². The number of anilines is 1. The van der Waals surface area contributed by atoms with Crippen LogP contribution in [0.1, 0.15) is 0 Å². The third-order valence-corrected chi connectivity index (χ3v) is 4.19. The van der Waals surface area contributed by atoms with Gasteiger partial charge in [-0.1, -0.05) is 11.3 Å². The maximum absolute atomic E-state index is 12.9. The first-order valence-corrected chi connectivity index (χ1v) is 6.88. The molecule has 10 heteroatoms. The monoisotopic (exact) mass is 335 g/mol. The van der Waals surface area contributed by atoms with E-state index >= 15 is 0 Å². The molecule has 0 aliphatic rings. The maximum atomic E-state index is 12.9. The highest BCUT2D eigenvalue weighted by Crippen LogP contribution is 2.20. The molecular weight excluding hydrogens is 329 g/mol. The van der Waals surface area contributed by atoms with Crippen LogP contribution in [0.15, 0.2) is 27.8 Å². The summed E-state index contributed by atoms with van der Waals surface area (Å²) < 4.78 is 40.2. The van der Waals surface area contributed by atoms with Crippen LogP contribution in [0, 0.1) is 5.95 Å². The van der Waals surface area contributed by atoms with Crippen molar-refractivity contribution in [3.63, 3.8) is 0 Å². The number of aromatic nitrogens is 4. The third kappa shape index (κ3) is 2.48. The molecule has 0 fully saturated rings. The fourth-order valence-corrected chi connectivity index (χ4v) is 3.36. The quantitative estimate of drug-likeness (QED) is 0.842. The molecule has 1 N–H and O–H groups in total. The van der Waals surface area contributed by atoms with Gasteiger partial charge in [0.2, 0.25) is 11.0 Å². The Hall–Kier alpha value is -1.55. The molecule has 0 aliphatic carbocycles. The lowest BCUT2D eigenvalue weighted by atomic mass is 10.5. The number of aryl methyl sites for hydroxylation is 1. The molecule has 0 bridgehead atoms. The number of halogens is 2. The Morgan fingerprint density at radius 2 is 2.17 bits per heavy atom. The van der Waals surface area contributed by atoms with E-state index < -0.39 is 16.0 Å². The van der Waals surface area contributed by atoms with Crippen LogP contribution in [0.5, 0.6) is 0 Å². The van der Waals surface area contributed by atoms with E-state index in [9.17, 15) is 12.8 Å². The van der Waals surface area contributed by atoms with Crippen LogP contribution in [0.4, 0.5) is 10.2 Å². The van der Waals surface area contributed by atoms with Gasteiger partial charge in [0.15, 0.2) is 4.60 Å². The second-order valence-corrected chi connectivity index (χ2v) is 5.61. The van der Waals surface area contributed by atoms with Crippen molar-refractivity contribution in [2.24, 2.45) is 7.05 Å². The Morgan fingerprint density at radius 3 is 2.72 bits per heavy atom. The molecule has 2 heterocycles. The fraction of sp³-hybridized carbons (Fsp3) is 0.125. The number of sulfonamides is 1. The van der Waals surface area contributed by atoms with Gasteiger partial charge < -0.3 is 0 Å². The van der Waals surface area contributed by atoms with Crippen molar-refractivity contribution in [3.05, 3.63) is 28.7 Å². The molecular formula is C8H7BrFN5O2S. The molecule has 0 spiro atoms. The van der Waals surface area contributed by atoms with Crippen LogP contribution in [0.25, 0.3) is 0 Å². The first-order chi connectivity index (χ1) is 8.40. The topological polar surface area (TPSA) is 89.8 Å². The molecule has 0 saturated heterocycles. The largest absolute Gasteiger partial charge is 0.283 e. The Bertz CT molecular complexity index is 667. The molecule has 18 heavy (non-hydrogen) atoms. The predicted octanol–water partition coefficient (Wildman–Crippen LogP) is 0.912. The lowest BCUT2D eigenvalue weighted by Crippen LogP contribution is -2.18. The molecule has 2 aromatic heterocycles. The van der Waals surface area contributed by atoms with Crippen LogP contribution < -0.4 is 4.72 Å². The summed E-state index contributed by atoms with van der Waals surface area (Å²) in [6, 6.07) is 3.79. The van der Waals surface area contributed by atoms with Gasteiger partial charge in [0.1, 0.15) is 5.82 Å². The standard InChI is InChI=1S/C8H7BrFN5O2S/c1-15-8(7(9)12-14-15)18(16,17)13-6-4-2-3-5(10)11-6/h2-4H,1H3,(H,11,13). The smallest absolute Gasteiger partial charge is 0.262 e. The zero-order chi connectivity index (χ0) is 13.3. The number of pyridine rings is 1. The summed E-state index contributed by atoms with van der Waals surface area (Å²) in [6.45, 7) is 0. The highest BCUT2D eigenvalue weighted by atomic mass is 79.9. The van der Waals surface area contributed by atoms with E-state index in [1.165, 1.54) is 19.2 Å². The summed E-state index contributed by atoms with van der Waals surface area (Å²) >= 11 is 2.97. The van der Waals surface area contributed by atoms with Gasteiger partial charge in [-0.2, -0.15) is 12.8 Å². The summed E-state index contributed by atoms with van der Waals surface area (Å²) in [6.07, 6.45) is 0. The van der Waals surface area contributed by atoms with E-state index in [0.717, 1.165) is 10.7 Å². The first-order valence-electron chi connectivity index (χ1n) is 4.61. The minimum absolute atomic E-state index is 0.0638. The van der Waals surface area contributed by atoms with Crippen molar-refractivity contribution in [1.82, 2.24) is 20.0 Å². The van der Waals surface area contributed by atoms with Gasteiger partial charge in [-0.25, -0.2) is 9.67 Å². The predicted molar refractivity (Wildman–Crippen MR) is 63.7 cm³/mol. The van der Waals surface area contributed by atoms with E-state index in [2.05, 4.69) is 35.9 Å². The Morgan fingerprint density at radius 1 is 1.44 bits per heavy atom. The highest BCUT2D eigenvalue weighted by molar-refractivity contribution is 9.10. The molecule has 7 nitrogen and oxygen atoms in total. The number of nitrogens with zero attached hydrogens (tertiary/aromatic N) is 4. The van der Waals surface area contributed by atoms with E-state index in [4.69, 9.17) is 0 Å². The van der Waals surface area contributed by atoms with E-state index in [-0.39, 0.29) is 15.4 Å². The van der Waals surface area contributed by atoms with E-state index in [1.807, 2.05) is 0 Å². The maximum Gasteiger partial charge on any atom is 0.283 e. The van der Waals surface area contributed by atoms with Gasteiger partial charge in [-0.15, -0.1) is 5.10 Å². The van der Waals surface area contributed by atoms with Crippen molar-refractivity contribution in [3.8, 4) is 0 Å². The van der Waals surface area contributed by atoms with E-state index in [1.54, 1.807) is 0 Å². The summed E-state index contributed by atoms with van der Waals surface area (Å²) in [5, 5.41) is 6.93. The van der Waals surface area contributed by atoms with Gasteiger partial charge >= 0.3 is 0 Å². The Labute approximate surface area is 110 Å². The summed E-state index contributed by atoms with van der Waals surface area (Å²) in [5.41, 5.74) is 0. The van der Waals surface area contributed by atoms with Crippen molar-refractivity contribution in [2.75, 3.05) is 4.72 Å². The number of hydrogen-bond donors (Lipinski definition) is 1. The minimum atomic E-state index is -3.94. The molecule has 0 aromatic carbocycles. The molecule has 2 aromatic rings. The molecule has 96 valence electrons. The average molecular weight is 336 g/mol. The van der Waals surface area contributed by atoms with Crippen molar-refractivity contribution in [2.45, 2.75) is 5.03 Å². The Balaban J connectivity index is 2.39. The second kappa shape index (κ2) is 4.61. The van der Waals surface area contributed by atoms with Crippen LogP contribution in [-0.2, 0) is 17.1 Å². The number of nitrogens with one attached hydrogen (secondary N) is 1. The van der Waals surface area contributed by atoms with Crippen LogP contribution in [0.3, 0.4) is 0 Å². The molecule has 0 radical (unpaired) electrons. The number of rotatable bonds is 3. The summed E-state index contributed by atoms with van der Waals surface area (Å²) in [4.78, 5) is 3.41. The number of hydrogen-bond acceptors (Lipinski definition) is 5. The van der Waals surface area contributed by atoms with Crippen LogP contribution in [0.2, 0.25) is 0 Å². The first kappa shape index (κ1) is 12.9. The SMILES string of the molecule is Cn1nnc(Br)c1S(=O)(=O)Nc1cccc(F)n1. The van der Waals surface area contributed by atoms with Gasteiger partial charge in [0.25, 0.3) is 10.0 Å². The normalized spacial score (nSPS) is 11.5. The Kier molecular flexibility index (Phi) is 3.30. The van der Waals surface area contributed by atoms with Gasteiger partial charge in [0, 0.05) is 7.05 Å². The molecule has 0 saturated carbocycles. The lowest BCUT2D eigenvalue weighted by Gasteiger charge is -2.06. The lowest BCUT2D eigenvalue weighted by molar-refractivity contribution is 0.576. The molecule has 0 unspecified atom stereocenters. The zero-order valence-electron chi connectivity index (χ0n) is 9.00. The van der Waals surface area contributed by atoms with Gasteiger partial charge in [-0.3, -0.25) is 4.72 Å². The molecule has 0 aliphatic heterocycles. The van der Waals surface area contributed by atoms with Crippen LogP contribution in [-0.4, -0.2) is 28.4 Å². The highest BCUT2D eigenvalue weighted by Gasteiger charge is 2.24. The minimum Gasteiger partial charge on any atom is -0.262 e. The molecule has 0 amide bonds. The average Bonchev–Trinajstić information content (AvgIpc) is 2.58. The summed E-state index contributed by atoms with van der Waals surface area (Å²) in [7, 11) is -2.51. The van der Waals surface area contributed by atoms with Crippen LogP contribution >= 0.6 is 15.9 Å².